The Balaban J connectivity index is 2.11. The first kappa shape index (κ1) is 14.1. The third-order valence-electron chi connectivity index (χ3n) is 3.75. The molecular weight excluding hydrogens is 270 g/mol. The zero-order chi connectivity index (χ0) is 15.0. The molecule has 1 aliphatic heterocycles. The lowest BCUT2D eigenvalue weighted by molar-refractivity contribution is 0.0503. The van der Waals surface area contributed by atoms with E-state index in [1.807, 2.05) is 24.0 Å². The molecule has 0 saturated carbocycles. The summed E-state index contributed by atoms with van der Waals surface area (Å²) in [6, 6.07) is 5.42. The van der Waals surface area contributed by atoms with Gasteiger partial charge in [0.2, 0.25) is 0 Å². The molecule has 0 radical (unpaired) electrons. The zero-order valence-electron chi connectivity index (χ0n) is 12.3. The SMILES string of the molecule is CCc1cc(=O)oc2c3c(ccc12)OCN(C[C@@H](C)O)C3. The predicted molar refractivity (Wildman–Crippen MR) is 79.4 cm³/mol. The molecule has 2 heterocycles. The predicted octanol–water partition coefficient (Wildman–Crippen LogP) is 1.89. The lowest BCUT2D eigenvalue weighted by Crippen LogP contribution is -2.36. The highest BCUT2D eigenvalue weighted by Crippen LogP contribution is 2.33. The Morgan fingerprint density at radius 1 is 1.43 bits per heavy atom. The van der Waals surface area contributed by atoms with E-state index in [0.717, 1.165) is 28.7 Å². The number of aliphatic hydroxyl groups is 1. The fourth-order valence-corrected chi connectivity index (χ4v) is 2.83. The Labute approximate surface area is 122 Å². The van der Waals surface area contributed by atoms with Crippen molar-refractivity contribution < 1.29 is 14.3 Å². The number of fused-ring (bicyclic) bond motifs is 3. The van der Waals surface area contributed by atoms with Gasteiger partial charge in [-0.25, -0.2) is 4.79 Å². The van der Waals surface area contributed by atoms with Gasteiger partial charge >= 0.3 is 5.63 Å². The number of aryl methyl sites for hydroxylation is 1. The number of nitrogens with zero attached hydrogens (tertiary/aromatic N) is 1. The Bertz CT molecular complexity index is 720. The summed E-state index contributed by atoms with van der Waals surface area (Å²) >= 11 is 0. The van der Waals surface area contributed by atoms with Crippen molar-refractivity contribution in [1.29, 1.82) is 0 Å². The van der Waals surface area contributed by atoms with Crippen LogP contribution in [0.25, 0.3) is 11.0 Å². The molecule has 1 aliphatic rings. The van der Waals surface area contributed by atoms with Gasteiger partial charge in [-0.05, 0) is 31.0 Å². The largest absolute Gasteiger partial charge is 0.478 e. The summed E-state index contributed by atoms with van der Waals surface area (Å²) in [5.74, 6) is 0.751. The van der Waals surface area contributed by atoms with Crippen molar-refractivity contribution in [3.05, 3.63) is 39.7 Å². The summed E-state index contributed by atoms with van der Waals surface area (Å²) in [4.78, 5) is 13.7. The van der Waals surface area contributed by atoms with E-state index >= 15 is 0 Å². The van der Waals surface area contributed by atoms with Crippen molar-refractivity contribution in [3.8, 4) is 5.75 Å². The van der Waals surface area contributed by atoms with Crippen LogP contribution in [0.2, 0.25) is 0 Å². The van der Waals surface area contributed by atoms with Crippen LogP contribution in [0.5, 0.6) is 5.75 Å². The molecule has 1 atom stereocenters. The normalized spacial score (nSPS) is 16.5. The number of β-amino-alcohol motifs (C(OH)–C–C–N with tert-alkyl or cyclic N) is 1. The maximum Gasteiger partial charge on any atom is 0.336 e. The van der Waals surface area contributed by atoms with Gasteiger partial charge in [-0.1, -0.05) is 6.92 Å². The maximum absolute atomic E-state index is 11.7. The molecule has 0 bridgehead atoms. The zero-order valence-corrected chi connectivity index (χ0v) is 12.3. The van der Waals surface area contributed by atoms with E-state index in [1.165, 1.54) is 0 Å². The van der Waals surface area contributed by atoms with Gasteiger partial charge in [0.25, 0.3) is 0 Å². The van der Waals surface area contributed by atoms with Crippen LogP contribution < -0.4 is 10.4 Å². The number of rotatable bonds is 3. The van der Waals surface area contributed by atoms with Crippen LogP contribution in [-0.4, -0.2) is 29.4 Å². The Morgan fingerprint density at radius 2 is 2.24 bits per heavy atom. The average Bonchev–Trinajstić information content (AvgIpc) is 2.45. The second kappa shape index (κ2) is 5.50. The maximum atomic E-state index is 11.7. The summed E-state index contributed by atoms with van der Waals surface area (Å²) < 4.78 is 11.1. The fourth-order valence-electron chi connectivity index (χ4n) is 2.83. The Kier molecular flexibility index (Phi) is 3.69. The van der Waals surface area contributed by atoms with Crippen LogP contribution in [-0.2, 0) is 13.0 Å². The second-order valence-electron chi connectivity index (χ2n) is 5.50. The summed E-state index contributed by atoms with van der Waals surface area (Å²) in [6.45, 7) is 5.32. The van der Waals surface area contributed by atoms with Gasteiger partial charge in [0.15, 0.2) is 0 Å². The third-order valence-corrected chi connectivity index (χ3v) is 3.75. The van der Waals surface area contributed by atoms with Crippen molar-refractivity contribution in [2.24, 2.45) is 0 Å². The Morgan fingerprint density at radius 3 is 2.95 bits per heavy atom. The molecule has 112 valence electrons. The molecule has 1 aromatic carbocycles. The molecule has 1 aromatic heterocycles. The molecule has 0 unspecified atom stereocenters. The molecule has 21 heavy (non-hydrogen) atoms. The number of aliphatic hydroxyl groups excluding tert-OH is 1. The van der Waals surface area contributed by atoms with Gasteiger partial charge in [0.1, 0.15) is 18.1 Å². The molecule has 0 aliphatic carbocycles. The lowest BCUT2D eigenvalue weighted by atomic mass is 10.0. The number of ether oxygens (including phenoxy) is 1. The molecule has 3 rings (SSSR count). The fraction of sp³-hybridized carbons (Fsp3) is 0.438. The van der Waals surface area contributed by atoms with Crippen LogP contribution in [0.3, 0.4) is 0 Å². The van der Waals surface area contributed by atoms with Crippen molar-refractivity contribution >= 4 is 11.0 Å². The van der Waals surface area contributed by atoms with E-state index < -0.39 is 6.10 Å². The molecule has 5 nitrogen and oxygen atoms in total. The first-order valence-corrected chi connectivity index (χ1v) is 7.20. The molecule has 0 saturated heterocycles. The third kappa shape index (κ3) is 2.66. The summed E-state index contributed by atoms with van der Waals surface area (Å²) in [7, 11) is 0. The van der Waals surface area contributed by atoms with Gasteiger partial charge < -0.3 is 14.3 Å². The molecule has 2 aromatic rings. The van der Waals surface area contributed by atoms with E-state index in [1.54, 1.807) is 13.0 Å². The molecule has 0 fully saturated rings. The molecular formula is C16H19NO4. The van der Waals surface area contributed by atoms with Crippen molar-refractivity contribution in [2.75, 3.05) is 13.3 Å². The van der Waals surface area contributed by atoms with E-state index in [9.17, 15) is 9.90 Å². The van der Waals surface area contributed by atoms with Gasteiger partial charge in [0, 0.05) is 24.5 Å². The van der Waals surface area contributed by atoms with Crippen LogP contribution in [0.4, 0.5) is 0 Å². The van der Waals surface area contributed by atoms with Gasteiger partial charge in [-0.2, -0.15) is 0 Å². The van der Waals surface area contributed by atoms with E-state index in [0.29, 0.717) is 25.4 Å². The van der Waals surface area contributed by atoms with Gasteiger partial charge in [-0.3, -0.25) is 4.90 Å². The first-order valence-electron chi connectivity index (χ1n) is 7.20. The number of hydrogen-bond donors (Lipinski definition) is 1. The van der Waals surface area contributed by atoms with E-state index in [-0.39, 0.29) is 5.63 Å². The highest BCUT2D eigenvalue weighted by atomic mass is 16.5. The standard InChI is InChI=1S/C16H19NO4/c1-3-11-6-15(19)21-16-12(11)4-5-14-13(16)8-17(9-20-14)7-10(2)18/h4-6,10,18H,3,7-9H2,1-2H3/t10-/m1/s1. The quantitative estimate of drug-likeness (QED) is 0.874. The minimum absolute atomic E-state index is 0.333. The molecule has 5 heteroatoms. The van der Waals surface area contributed by atoms with Crippen LogP contribution >= 0.6 is 0 Å². The summed E-state index contributed by atoms with van der Waals surface area (Å²) in [5, 5.41) is 10.5. The monoisotopic (exact) mass is 289 g/mol. The lowest BCUT2D eigenvalue weighted by Gasteiger charge is -2.30. The smallest absolute Gasteiger partial charge is 0.336 e. The highest BCUT2D eigenvalue weighted by molar-refractivity contribution is 5.85. The highest BCUT2D eigenvalue weighted by Gasteiger charge is 2.22. The van der Waals surface area contributed by atoms with Crippen molar-refractivity contribution in [1.82, 2.24) is 4.90 Å². The van der Waals surface area contributed by atoms with Crippen molar-refractivity contribution in [3.63, 3.8) is 0 Å². The van der Waals surface area contributed by atoms with Gasteiger partial charge in [-0.15, -0.1) is 0 Å². The van der Waals surface area contributed by atoms with Gasteiger partial charge in [0.05, 0.1) is 11.7 Å². The topological polar surface area (TPSA) is 62.9 Å². The summed E-state index contributed by atoms with van der Waals surface area (Å²) in [6.07, 6.45) is 0.349. The van der Waals surface area contributed by atoms with E-state index in [2.05, 4.69) is 0 Å². The Hall–Kier alpha value is -1.85. The number of benzene rings is 1. The van der Waals surface area contributed by atoms with Crippen LogP contribution in [0.15, 0.2) is 27.4 Å². The minimum atomic E-state index is -0.427. The van der Waals surface area contributed by atoms with Crippen LogP contribution in [0, 0.1) is 0 Å². The molecule has 0 amide bonds. The molecule has 1 N–H and O–H groups in total. The summed E-state index contributed by atoms with van der Waals surface area (Å²) in [5.41, 5.74) is 2.14. The average molecular weight is 289 g/mol. The minimum Gasteiger partial charge on any atom is -0.478 e. The van der Waals surface area contributed by atoms with E-state index in [4.69, 9.17) is 9.15 Å². The molecule has 0 spiro atoms. The van der Waals surface area contributed by atoms with Crippen LogP contribution in [0.1, 0.15) is 25.0 Å². The number of hydrogen-bond acceptors (Lipinski definition) is 5. The second-order valence-corrected chi connectivity index (χ2v) is 5.50. The van der Waals surface area contributed by atoms with Crippen molar-refractivity contribution in [2.45, 2.75) is 32.9 Å². The first-order chi connectivity index (χ1) is 10.1.